The normalized spacial score (nSPS) is 28.7. The average molecular weight is 408 g/mol. The van der Waals surface area contributed by atoms with Gasteiger partial charge in [0.2, 0.25) is 0 Å². The Morgan fingerprint density at radius 1 is 1.33 bits per heavy atom. The fraction of sp³-hybridized carbons (Fsp3) is 0.348. The van der Waals surface area contributed by atoms with Gasteiger partial charge in [-0.3, -0.25) is 14.5 Å². The topological polar surface area (TPSA) is 90.6 Å². The highest BCUT2D eigenvalue weighted by Gasteiger charge is 2.46. The molecule has 0 saturated heterocycles. The van der Waals surface area contributed by atoms with Gasteiger partial charge in [0.25, 0.3) is 5.91 Å². The van der Waals surface area contributed by atoms with Crippen LogP contribution in [0.5, 0.6) is 5.75 Å². The fourth-order valence-electron chi connectivity index (χ4n) is 4.42. The Hall–Kier alpha value is -3.24. The third kappa shape index (κ3) is 3.04. The van der Waals surface area contributed by atoms with Gasteiger partial charge in [-0.25, -0.2) is 4.39 Å². The molecule has 1 heterocycles. The van der Waals surface area contributed by atoms with Crippen LogP contribution in [-0.2, 0) is 15.0 Å². The molecule has 0 saturated carbocycles. The minimum Gasteiger partial charge on any atom is -0.497 e. The van der Waals surface area contributed by atoms with Gasteiger partial charge in [-0.2, -0.15) is 5.26 Å². The number of methoxy groups -OCH3 is 1. The highest BCUT2D eigenvalue weighted by atomic mass is 19.1. The van der Waals surface area contributed by atoms with Crippen molar-refractivity contribution in [3.8, 4) is 11.8 Å². The molecule has 4 rings (SSSR count). The molecule has 154 valence electrons. The molecule has 0 radical (unpaired) electrons. The molecule has 30 heavy (non-hydrogen) atoms. The summed E-state index contributed by atoms with van der Waals surface area (Å²) < 4.78 is 20.5. The lowest BCUT2D eigenvalue weighted by Gasteiger charge is -2.35. The number of hydrogen-bond donors (Lipinski definition) is 1. The summed E-state index contributed by atoms with van der Waals surface area (Å²) in [5.41, 5.74) is 0.245. The van der Waals surface area contributed by atoms with Crippen LogP contribution in [0, 0.1) is 17.2 Å². The number of aliphatic hydroxyl groups excluding tert-OH is 1. The molecule has 7 heteroatoms. The number of allylic oxidation sites excluding steroid dienone is 3. The summed E-state index contributed by atoms with van der Waals surface area (Å²) in [5, 5.41) is 19.4. The van der Waals surface area contributed by atoms with Gasteiger partial charge in [-0.1, -0.05) is 25.1 Å². The Labute approximate surface area is 173 Å². The van der Waals surface area contributed by atoms with Crippen LogP contribution in [0.25, 0.3) is 0 Å². The number of carbonyl (C=O) groups is 2. The monoisotopic (exact) mass is 408 g/mol. The summed E-state index contributed by atoms with van der Waals surface area (Å²) in [4.78, 5) is 26.7. The molecular formula is C23H21FN2O4. The molecule has 1 aromatic rings. The lowest BCUT2D eigenvalue weighted by molar-refractivity contribution is -0.131. The minimum absolute atomic E-state index is 0.00363. The number of benzene rings is 1. The maximum absolute atomic E-state index is 15.2. The SMILES string of the molecule is COc1cccc(C2(C)C=C(F)C(N3CC(=O)C4=C(C3=O)C(C#N)CC4O)=CC2)c1. The van der Waals surface area contributed by atoms with E-state index in [2.05, 4.69) is 0 Å². The number of ketones is 1. The van der Waals surface area contributed by atoms with E-state index in [0.717, 1.165) is 10.5 Å². The molecule has 1 N–H and O–H groups in total. The van der Waals surface area contributed by atoms with Crippen molar-refractivity contribution in [3.63, 3.8) is 0 Å². The molecule has 3 unspecified atom stereocenters. The number of amides is 1. The molecule has 0 bridgehead atoms. The first-order valence-electron chi connectivity index (χ1n) is 9.69. The van der Waals surface area contributed by atoms with Gasteiger partial charge in [0.05, 0.1) is 37.4 Å². The molecular weight excluding hydrogens is 387 g/mol. The first-order valence-corrected chi connectivity index (χ1v) is 9.69. The van der Waals surface area contributed by atoms with Gasteiger partial charge >= 0.3 is 0 Å². The molecule has 1 amide bonds. The number of carbonyl (C=O) groups excluding carboxylic acids is 2. The summed E-state index contributed by atoms with van der Waals surface area (Å²) >= 11 is 0. The Balaban J connectivity index is 1.66. The number of rotatable bonds is 3. The number of hydrogen-bond acceptors (Lipinski definition) is 5. The second kappa shape index (κ2) is 7.22. The van der Waals surface area contributed by atoms with Crippen molar-refractivity contribution in [1.82, 2.24) is 4.90 Å². The quantitative estimate of drug-likeness (QED) is 0.831. The summed E-state index contributed by atoms with van der Waals surface area (Å²) in [5.74, 6) is -1.86. The lowest BCUT2D eigenvalue weighted by Crippen LogP contribution is -2.43. The fourth-order valence-corrected chi connectivity index (χ4v) is 4.42. The first kappa shape index (κ1) is 20.0. The molecule has 2 aliphatic carbocycles. The minimum atomic E-state index is -1.12. The summed E-state index contributed by atoms with van der Waals surface area (Å²) in [6.45, 7) is 1.54. The van der Waals surface area contributed by atoms with Gasteiger partial charge in [-0.15, -0.1) is 0 Å². The smallest absolute Gasteiger partial charge is 0.256 e. The maximum atomic E-state index is 15.2. The summed E-state index contributed by atoms with van der Waals surface area (Å²) in [6.07, 6.45) is 2.36. The van der Waals surface area contributed by atoms with Crippen LogP contribution in [0.3, 0.4) is 0 Å². The molecule has 0 aromatic heterocycles. The van der Waals surface area contributed by atoms with Crippen LogP contribution in [0.4, 0.5) is 4.39 Å². The van der Waals surface area contributed by atoms with Gasteiger partial charge in [0.15, 0.2) is 5.78 Å². The third-order valence-corrected chi connectivity index (χ3v) is 6.09. The van der Waals surface area contributed by atoms with E-state index in [1.54, 1.807) is 13.2 Å². The van der Waals surface area contributed by atoms with Gasteiger partial charge in [0.1, 0.15) is 11.6 Å². The van der Waals surface area contributed by atoms with E-state index < -0.39 is 35.0 Å². The predicted octanol–water partition coefficient (Wildman–Crippen LogP) is 2.71. The van der Waals surface area contributed by atoms with E-state index in [-0.39, 0.29) is 29.8 Å². The number of Topliss-reactive ketones (excluding diaryl/α,β-unsaturated/α-hetero) is 1. The van der Waals surface area contributed by atoms with E-state index in [4.69, 9.17) is 4.74 Å². The third-order valence-electron chi connectivity index (χ3n) is 6.09. The zero-order valence-electron chi connectivity index (χ0n) is 16.7. The molecule has 6 nitrogen and oxygen atoms in total. The van der Waals surface area contributed by atoms with E-state index in [1.165, 1.54) is 6.08 Å². The number of ether oxygens (including phenoxy) is 1. The molecule has 0 spiro atoms. The van der Waals surface area contributed by atoms with Crippen LogP contribution in [0.15, 0.2) is 59.1 Å². The molecule has 0 fully saturated rings. The van der Waals surface area contributed by atoms with E-state index in [0.29, 0.717) is 12.2 Å². The van der Waals surface area contributed by atoms with Crippen LogP contribution in [0.1, 0.15) is 25.3 Å². The highest BCUT2D eigenvalue weighted by molar-refractivity contribution is 6.14. The number of aliphatic hydroxyl groups is 1. The lowest BCUT2D eigenvalue weighted by atomic mass is 9.76. The largest absolute Gasteiger partial charge is 0.497 e. The Morgan fingerprint density at radius 2 is 2.10 bits per heavy atom. The summed E-state index contributed by atoms with van der Waals surface area (Å²) in [7, 11) is 1.56. The predicted molar refractivity (Wildman–Crippen MR) is 106 cm³/mol. The van der Waals surface area contributed by atoms with Gasteiger partial charge in [-0.05, 0) is 36.6 Å². The van der Waals surface area contributed by atoms with Crippen LogP contribution in [0.2, 0.25) is 0 Å². The van der Waals surface area contributed by atoms with Crippen molar-refractivity contribution in [1.29, 1.82) is 5.26 Å². The number of halogens is 1. The Kier molecular flexibility index (Phi) is 4.83. The zero-order valence-corrected chi connectivity index (χ0v) is 16.7. The molecule has 1 aliphatic heterocycles. The molecule has 3 atom stereocenters. The van der Waals surface area contributed by atoms with Crippen molar-refractivity contribution in [2.45, 2.75) is 31.3 Å². The molecule has 1 aromatic carbocycles. The van der Waals surface area contributed by atoms with Crippen molar-refractivity contribution >= 4 is 11.7 Å². The highest BCUT2D eigenvalue weighted by Crippen LogP contribution is 2.42. The Bertz CT molecular complexity index is 1080. The molecule has 3 aliphatic rings. The van der Waals surface area contributed by atoms with Crippen molar-refractivity contribution in [2.75, 3.05) is 13.7 Å². The van der Waals surface area contributed by atoms with E-state index in [1.807, 2.05) is 37.3 Å². The maximum Gasteiger partial charge on any atom is 0.256 e. The van der Waals surface area contributed by atoms with E-state index >= 15 is 4.39 Å². The second-order valence-corrected chi connectivity index (χ2v) is 8.01. The van der Waals surface area contributed by atoms with Crippen LogP contribution in [-0.4, -0.2) is 41.5 Å². The summed E-state index contributed by atoms with van der Waals surface area (Å²) in [6, 6.07) is 9.33. The van der Waals surface area contributed by atoms with Crippen molar-refractivity contribution in [3.05, 3.63) is 64.7 Å². The standard InChI is InChI=1S/C23H21FN2O4/c1-23(14-4-3-5-15(9-14)30-2)7-6-17(16(24)10-23)26-12-19(28)21-18(27)8-13(11-25)20(21)22(26)29/h3-6,9-10,13,18,27H,7-8,12H2,1-2H3. The zero-order chi connectivity index (χ0) is 21.6. The first-order chi connectivity index (χ1) is 14.3. The van der Waals surface area contributed by atoms with Crippen LogP contribution >= 0.6 is 0 Å². The number of nitriles is 1. The number of nitrogens with zero attached hydrogens (tertiary/aromatic N) is 2. The second-order valence-electron chi connectivity index (χ2n) is 8.01. The average Bonchev–Trinajstić information content (AvgIpc) is 3.08. The van der Waals surface area contributed by atoms with Crippen molar-refractivity contribution in [2.24, 2.45) is 5.92 Å². The van der Waals surface area contributed by atoms with Crippen molar-refractivity contribution < 1.29 is 23.8 Å². The van der Waals surface area contributed by atoms with Crippen LogP contribution < -0.4 is 4.74 Å². The van der Waals surface area contributed by atoms with E-state index in [9.17, 15) is 20.0 Å². The Morgan fingerprint density at radius 3 is 2.77 bits per heavy atom. The van der Waals surface area contributed by atoms with Gasteiger partial charge in [0, 0.05) is 16.6 Å². The van der Waals surface area contributed by atoms with Gasteiger partial charge < -0.3 is 9.84 Å².